The molecule has 1 amide bonds. The molecule has 1 saturated heterocycles. The maximum atomic E-state index is 13.2. The largest absolute Gasteiger partial charge is 0.507 e. The lowest BCUT2D eigenvalue weighted by Crippen LogP contribution is -2.30. The smallest absolute Gasteiger partial charge is 0.295 e. The van der Waals surface area contributed by atoms with Crippen LogP contribution >= 0.6 is 11.6 Å². The Morgan fingerprint density at radius 3 is 1.93 bits per heavy atom. The highest BCUT2D eigenvalue weighted by Gasteiger charge is 2.46. The molecule has 8 heteroatoms. The lowest BCUT2D eigenvalue weighted by Gasteiger charge is -2.25. The molecule has 2 aromatic rings. The molecule has 0 saturated carbocycles. The van der Waals surface area contributed by atoms with Crippen LogP contribution in [0, 0.1) is 10.1 Å². The molecule has 41 heavy (non-hydrogen) atoms. The van der Waals surface area contributed by atoms with Crippen molar-refractivity contribution in [2.24, 2.45) is 0 Å². The van der Waals surface area contributed by atoms with Gasteiger partial charge in [0.15, 0.2) is 0 Å². The second kappa shape index (κ2) is 16.9. The fraction of sp³-hybridized carbons (Fsp3) is 0.515. The molecule has 1 aliphatic rings. The first kappa shape index (κ1) is 32.3. The molecule has 222 valence electrons. The van der Waals surface area contributed by atoms with Crippen LogP contribution in [0.4, 0.5) is 5.69 Å². The lowest BCUT2D eigenvalue weighted by molar-refractivity contribution is -0.384. The molecular formula is C33H43ClN2O5. The van der Waals surface area contributed by atoms with Crippen molar-refractivity contribution in [1.29, 1.82) is 0 Å². The van der Waals surface area contributed by atoms with Gasteiger partial charge >= 0.3 is 0 Å². The fourth-order valence-electron chi connectivity index (χ4n) is 5.51. The number of hydrogen-bond donors (Lipinski definition) is 1. The summed E-state index contributed by atoms with van der Waals surface area (Å²) in [5.74, 6) is -1.81. The summed E-state index contributed by atoms with van der Waals surface area (Å²) in [7, 11) is 0. The van der Waals surface area contributed by atoms with Crippen LogP contribution in [-0.4, -0.2) is 33.2 Å². The summed E-state index contributed by atoms with van der Waals surface area (Å²) in [6, 6.07) is 11.3. The topological polar surface area (TPSA) is 101 Å². The number of hydrogen-bond acceptors (Lipinski definition) is 5. The van der Waals surface area contributed by atoms with Crippen LogP contribution in [0.2, 0.25) is 5.02 Å². The minimum atomic E-state index is -0.910. The van der Waals surface area contributed by atoms with Gasteiger partial charge in [-0.15, -0.1) is 0 Å². The van der Waals surface area contributed by atoms with Crippen molar-refractivity contribution in [2.45, 2.75) is 103 Å². The van der Waals surface area contributed by atoms with Crippen molar-refractivity contribution in [3.05, 3.63) is 80.4 Å². The second-order valence-corrected chi connectivity index (χ2v) is 11.4. The number of amides is 1. The minimum Gasteiger partial charge on any atom is -0.507 e. The van der Waals surface area contributed by atoms with Crippen molar-refractivity contribution in [2.75, 3.05) is 6.54 Å². The van der Waals surface area contributed by atoms with Gasteiger partial charge in [0.25, 0.3) is 17.4 Å². The molecule has 0 spiro atoms. The third kappa shape index (κ3) is 9.42. The van der Waals surface area contributed by atoms with Crippen molar-refractivity contribution in [1.82, 2.24) is 4.90 Å². The Kier molecular flexibility index (Phi) is 13.3. The van der Waals surface area contributed by atoms with E-state index < -0.39 is 22.7 Å². The number of ketones is 1. The third-order valence-electron chi connectivity index (χ3n) is 7.81. The standard InChI is InChI=1S/C33H43ClN2O5/c1-2-3-4-5-6-7-8-9-10-11-12-13-14-15-23-35-30(26-17-16-18-28(24-26)36(40)41)29(32(38)33(35)39)31(37)25-19-21-27(34)22-20-25/h16-22,24,30,37H,2-15,23H2,1H3/t30-/m0/s1. The normalized spacial score (nSPS) is 16.4. The van der Waals surface area contributed by atoms with Gasteiger partial charge in [-0.25, -0.2) is 0 Å². The van der Waals surface area contributed by atoms with E-state index in [-0.39, 0.29) is 17.0 Å². The summed E-state index contributed by atoms with van der Waals surface area (Å²) in [6.45, 7) is 2.57. The number of carbonyl (C=O) groups is 2. The SMILES string of the molecule is CCCCCCCCCCCCCCCCN1C(=O)C(=O)C(=C(O)c2ccc(Cl)cc2)[C@@H]1c1cccc([N+](=O)[O-])c1. The quantitative estimate of drug-likeness (QED) is 0.0471. The molecule has 0 unspecified atom stereocenters. The number of benzene rings is 2. The van der Waals surface area contributed by atoms with E-state index in [1.807, 2.05) is 0 Å². The van der Waals surface area contributed by atoms with E-state index in [0.717, 1.165) is 19.3 Å². The van der Waals surface area contributed by atoms with Gasteiger partial charge in [0.2, 0.25) is 0 Å². The van der Waals surface area contributed by atoms with E-state index in [9.17, 15) is 24.8 Å². The van der Waals surface area contributed by atoms with Crippen molar-refractivity contribution >= 4 is 34.7 Å². The van der Waals surface area contributed by atoms with Crippen LogP contribution in [0.5, 0.6) is 0 Å². The van der Waals surface area contributed by atoms with Crippen LogP contribution < -0.4 is 0 Å². The highest BCUT2D eigenvalue weighted by atomic mass is 35.5. The first-order chi connectivity index (χ1) is 19.8. The maximum Gasteiger partial charge on any atom is 0.295 e. The molecule has 0 aromatic heterocycles. The van der Waals surface area contributed by atoms with Gasteiger partial charge in [-0.2, -0.15) is 0 Å². The number of halogens is 1. The number of nitro groups is 1. The number of nitrogens with zero attached hydrogens (tertiary/aromatic N) is 2. The summed E-state index contributed by atoms with van der Waals surface area (Å²) in [5.41, 5.74) is 0.554. The molecule has 1 aliphatic heterocycles. The monoisotopic (exact) mass is 582 g/mol. The highest BCUT2D eigenvalue weighted by molar-refractivity contribution is 6.46. The van der Waals surface area contributed by atoms with Gasteiger partial charge in [-0.1, -0.05) is 114 Å². The first-order valence-electron chi connectivity index (χ1n) is 15.1. The molecule has 0 radical (unpaired) electrons. The molecule has 7 nitrogen and oxygen atoms in total. The zero-order valence-electron chi connectivity index (χ0n) is 24.2. The summed E-state index contributed by atoms with van der Waals surface area (Å²) < 4.78 is 0. The number of nitro benzene ring substituents is 1. The Bertz CT molecular complexity index is 1190. The highest BCUT2D eigenvalue weighted by Crippen LogP contribution is 2.40. The molecule has 1 N–H and O–H groups in total. The Labute approximate surface area is 248 Å². The number of non-ortho nitro benzene ring substituents is 1. The molecule has 3 rings (SSSR count). The average Bonchev–Trinajstić information content (AvgIpc) is 3.22. The van der Waals surface area contributed by atoms with Gasteiger partial charge in [0.05, 0.1) is 16.5 Å². The van der Waals surface area contributed by atoms with E-state index in [2.05, 4.69) is 6.92 Å². The minimum absolute atomic E-state index is 0.0665. The van der Waals surface area contributed by atoms with Gasteiger partial charge in [0, 0.05) is 29.3 Å². The van der Waals surface area contributed by atoms with Gasteiger partial charge in [-0.05, 0) is 36.2 Å². The lowest BCUT2D eigenvalue weighted by atomic mass is 9.95. The Balaban J connectivity index is 1.59. The Hall–Kier alpha value is -3.19. The number of carbonyl (C=O) groups excluding carboxylic acids is 2. The third-order valence-corrected chi connectivity index (χ3v) is 8.06. The van der Waals surface area contributed by atoms with E-state index in [0.29, 0.717) is 29.1 Å². The summed E-state index contributed by atoms with van der Waals surface area (Å²) in [6.07, 6.45) is 16.9. The molecular weight excluding hydrogens is 540 g/mol. The van der Waals surface area contributed by atoms with E-state index in [1.165, 1.54) is 87.3 Å². The maximum absolute atomic E-state index is 13.2. The molecule has 0 bridgehead atoms. The van der Waals surface area contributed by atoms with Crippen LogP contribution in [0.15, 0.2) is 54.1 Å². The predicted octanol–water partition coefficient (Wildman–Crippen LogP) is 9.15. The van der Waals surface area contributed by atoms with Crippen LogP contribution in [0.1, 0.15) is 114 Å². The van der Waals surface area contributed by atoms with Crippen LogP contribution in [-0.2, 0) is 9.59 Å². The van der Waals surface area contributed by atoms with Crippen molar-refractivity contribution in [3.63, 3.8) is 0 Å². The number of aliphatic hydroxyl groups excluding tert-OH is 1. The Morgan fingerprint density at radius 1 is 0.854 bits per heavy atom. The first-order valence-corrected chi connectivity index (χ1v) is 15.5. The predicted molar refractivity (Wildman–Crippen MR) is 164 cm³/mol. The molecule has 1 atom stereocenters. The second-order valence-electron chi connectivity index (χ2n) is 10.9. The van der Waals surface area contributed by atoms with Crippen LogP contribution in [0.25, 0.3) is 5.76 Å². The van der Waals surface area contributed by atoms with Gasteiger partial charge < -0.3 is 10.0 Å². The van der Waals surface area contributed by atoms with Gasteiger partial charge in [-0.3, -0.25) is 19.7 Å². The molecule has 1 heterocycles. The fourth-order valence-corrected chi connectivity index (χ4v) is 5.63. The number of Topliss-reactive ketones (excluding diaryl/α,β-unsaturated/α-hetero) is 1. The van der Waals surface area contributed by atoms with E-state index in [4.69, 9.17) is 11.6 Å². The van der Waals surface area contributed by atoms with Gasteiger partial charge in [0.1, 0.15) is 5.76 Å². The van der Waals surface area contributed by atoms with E-state index in [1.54, 1.807) is 30.3 Å². The zero-order valence-corrected chi connectivity index (χ0v) is 24.9. The number of rotatable bonds is 18. The summed E-state index contributed by atoms with van der Waals surface area (Å²) in [4.78, 5) is 38.7. The summed E-state index contributed by atoms with van der Waals surface area (Å²) >= 11 is 5.98. The number of aliphatic hydroxyl groups is 1. The summed E-state index contributed by atoms with van der Waals surface area (Å²) in [5, 5.41) is 23.0. The number of unbranched alkanes of at least 4 members (excludes halogenated alkanes) is 13. The number of likely N-dealkylation sites (tertiary alicyclic amines) is 1. The van der Waals surface area contributed by atoms with Crippen molar-refractivity contribution in [3.8, 4) is 0 Å². The van der Waals surface area contributed by atoms with Crippen molar-refractivity contribution < 1.29 is 19.6 Å². The Morgan fingerprint density at radius 2 is 1.39 bits per heavy atom. The molecule has 2 aromatic carbocycles. The van der Waals surface area contributed by atoms with E-state index >= 15 is 0 Å². The van der Waals surface area contributed by atoms with Crippen LogP contribution in [0.3, 0.4) is 0 Å². The average molecular weight is 583 g/mol. The molecule has 1 fully saturated rings. The molecule has 0 aliphatic carbocycles. The zero-order chi connectivity index (χ0) is 29.6.